The molecule has 0 aliphatic rings. The number of hydrogen-bond donors (Lipinski definition) is 2. The fourth-order valence-electron chi connectivity index (χ4n) is 1.29. The van der Waals surface area contributed by atoms with Gasteiger partial charge in [-0.2, -0.15) is 0 Å². The second kappa shape index (κ2) is 6.99. The smallest absolute Gasteiger partial charge is 0.241 e. The molecule has 1 aromatic carbocycles. The normalized spacial score (nSPS) is 11.9. The Morgan fingerprint density at radius 3 is 2.47 bits per heavy atom. The van der Waals surface area contributed by atoms with E-state index < -0.39 is 6.04 Å². The van der Waals surface area contributed by atoms with Gasteiger partial charge in [0, 0.05) is 10.2 Å². The summed E-state index contributed by atoms with van der Waals surface area (Å²) in [5, 5.41) is 2.83. The van der Waals surface area contributed by atoms with Crippen LogP contribution in [0.25, 0.3) is 0 Å². The zero-order valence-electron chi connectivity index (χ0n) is 10.2. The van der Waals surface area contributed by atoms with Crippen LogP contribution in [0.15, 0.2) is 22.7 Å². The van der Waals surface area contributed by atoms with Gasteiger partial charge in [0.15, 0.2) is 0 Å². The largest absolute Gasteiger partial charge is 0.324 e. The second-order valence-corrected chi connectivity index (χ2v) is 5.13. The van der Waals surface area contributed by atoms with Crippen LogP contribution in [-0.4, -0.2) is 11.9 Å². The van der Waals surface area contributed by atoms with E-state index in [1.807, 2.05) is 39.0 Å². The molecular weight excluding hydrogens is 304 g/mol. The van der Waals surface area contributed by atoms with Gasteiger partial charge in [0.25, 0.3) is 0 Å². The molecular formula is C12H18BrClN2O. The van der Waals surface area contributed by atoms with E-state index >= 15 is 0 Å². The number of carbonyl (C=O) groups is 1. The number of rotatable bonds is 3. The molecule has 0 aliphatic carbocycles. The number of aryl methyl sites for hydroxylation is 1. The number of halogens is 2. The van der Waals surface area contributed by atoms with E-state index in [9.17, 15) is 4.79 Å². The first-order chi connectivity index (χ1) is 7.41. The summed E-state index contributed by atoms with van der Waals surface area (Å²) in [6, 6.07) is 5.24. The van der Waals surface area contributed by atoms with Crippen LogP contribution >= 0.6 is 28.3 Å². The van der Waals surface area contributed by atoms with Gasteiger partial charge in [0.1, 0.15) is 0 Å². The molecule has 1 atom stereocenters. The van der Waals surface area contributed by atoms with Crippen LogP contribution in [0.2, 0.25) is 0 Å². The average molecular weight is 322 g/mol. The zero-order valence-corrected chi connectivity index (χ0v) is 12.6. The Labute approximate surface area is 117 Å². The molecule has 0 fully saturated rings. The van der Waals surface area contributed by atoms with Crippen molar-refractivity contribution in [1.29, 1.82) is 0 Å². The van der Waals surface area contributed by atoms with Gasteiger partial charge in [-0.25, -0.2) is 0 Å². The number of nitrogens with one attached hydrogen (secondary N) is 1. The minimum absolute atomic E-state index is 0. The van der Waals surface area contributed by atoms with Crippen LogP contribution in [0.5, 0.6) is 0 Å². The Morgan fingerprint density at radius 1 is 1.41 bits per heavy atom. The Morgan fingerprint density at radius 2 is 2.00 bits per heavy atom. The third-order valence-corrected chi connectivity index (χ3v) is 2.96. The van der Waals surface area contributed by atoms with Gasteiger partial charge < -0.3 is 11.1 Å². The summed E-state index contributed by atoms with van der Waals surface area (Å²) in [6.07, 6.45) is 0. The zero-order chi connectivity index (χ0) is 12.3. The number of hydrogen-bond acceptors (Lipinski definition) is 2. The van der Waals surface area contributed by atoms with E-state index in [4.69, 9.17) is 5.73 Å². The van der Waals surface area contributed by atoms with Gasteiger partial charge in [0.05, 0.1) is 6.04 Å². The van der Waals surface area contributed by atoms with Crippen LogP contribution < -0.4 is 11.1 Å². The van der Waals surface area contributed by atoms with Gasteiger partial charge in [0.2, 0.25) is 5.91 Å². The van der Waals surface area contributed by atoms with Gasteiger partial charge in [-0.15, -0.1) is 12.4 Å². The van der Waals surface area contributed by atoms with Crippen molar-refractivity contribution in [3.63, 3.8) is 0 Å². The van der Waals surface area contributed by atoms with Crippen molar-refractivity contribution >= 4 is 39.9 Å². The van der Waals surface area contributed by atoms with E-state index in [1.165, 1.54) is 0 Å². The van der Waals surface area contributed by atoms with E-state index in [-0.39, 0.29) is 24.2 Å². The van der Waals surface area contributed by atoms with Crippen molar-refractivity contribution in [2.75, 3.05) is 5.32 Å². The molecule has 0 radical (unpaired) electrons. The maximum absolute atomic E-state index is 11.7. The molecule has 0 saturated carbocycles. The Bertz CT molecular complexity index is 396. The highest BCUT2D eigenvalue weighted by molar-refractivity contribution is 9.10. The SMILES string of the molecule is Cc1cc(Br)ccc1NC(=O)C(N)C(C)C.Cl. The fourth-order valence-corrected chi connectivity index (χ4v) is 1.76. The maximum Gasteiger partial charge on any atom is 0.241 e. The summed E-state index contributed by atoms with van der Waals surface area (Å²) >= 11 is 3.38. The van der Waals surface area contributed by atoms with Gasteiger partial charge >= 0.3 is 0 Å². The van der Waals surface area contributed by atoms with Crippen molar-refractivity contribution in [2.45, 2.75) is 26.8 Å². The summed E-state index contributed by atoms with van der Waals surface area (Å²) in [7, 11) is 0. The van der Waals surface area contributed by atoms with E-state index in [0.717, 1.165) is 15.7 Å². The van der Waals surface area contributed by atoms with Gasteiger partial charge in [-0.3, -0.25) is 4.79 Å². The molecule has 0 aromatic heterocycles. The van der Waals surface area contributed by atoms with Gasteiger partial charge in [-0.1, -0.05) is 29.8 Å². The Balaban J connectivity index is 0.00000256. The standard InChI is InChI=1S/C12H17BrN2O.ClH/c1-7(2)11(14)12(16)15-10-5-4-9(13)6-8(10)3;/h4-7,11H,14H2,1-3H3,(H,15,16);1H. The lowest BCUT2D eigenvalue weighted by atomic mass is 10.0. The fraction of sp³-hybridized carbons (Fsp3) is 0.417. The second-order valence-electron chi connectivity index (χ2n) is 4.22. The molecule has 1 unspecified atom stereocenters. The number of anilines is 1. The van der Waals surface area contributed by atoms with Gasteiger partial charge in [-0.05, 0) is 36.6 Å². The molecule has 1 rings (SSSR count). The minimum Gasteiger partial charge on any atom is -0.324 e. The van der Waals surface area contributed by atoms with Crippen LogP contribution in [0.4, 0.5) is 5.69 Å². The molecule has 3 N–H and O–H groups in total. The number of carbonyl (C=O) groups excluding carboxylic acids is 1. The molecule has 1 aromatic rings. The van der Waals surface area contributed by atoms with Crippen molar-refractivity contribution in [3.8, 4) is 0 Å². The third-order valence-electron chi connectivity index (χ3n) is 2.47. The number of benzene rings is 1. The first-order valence-corrected chi connectivity index (χ1v) is 6.03. The third kappa shape index (κ3) is 4.66. The predicted molar refractivity (Wildman–Crippen MR) is 77.6 cm³/mol. The summed E-state index contributed by atoms with van der Waals surface area (Å²) in [6.45, 7) is 5.80. The highest BCUT2D eigenvalue weighted by atomic mass is 79.9. The Hall–Kier alpha value is -0.580. The first-order valence-electron chi connectivity index (χ1n) is 5.24. The quantitative estimate of drug-likeness (QED) is 0.899. The Kier molecular flexibility index (Phi) is 6.75. The van der Waals surface area contributed by atoms with Crippen molar-refractivity contribution < 1.29 is 4.79 Å². The van der Waals surface area contributed by atoms with Crippen molar-refractivity contribution in [3.05, 3.63) is 28.2 Å². The van der Waals surface area contributed by atoms with Crippen LogP contribution in [-0.2, 0) is 4.79 Å². The summed E-state index contributed by atoms with van der Waals surface area (Å²) in [4.78, 5) is 11.7. The summed E-state index contributed by atoms with van der Waals surface area (Å²) in [5.41, 5.74) is 7.59. The average Bonchev–Trinajstić information content (AvgIpc) is 2.20. The van der Waals surface area contributed by atoms with Crippen LogP contribution in [0.3, 0.4) is 0 Å². The molecule has 0 heterocycles. The molecule has 0 aliphatic heterocycles. The lowest BCUT2D eigenvalue weighted by molar-refractivity contribution is -0.118. The molecule has 3 nitrogen and oxygen atoms in total. The molecule has 0 saturated heterocycles. The number of nitrogens with two attached hydrogens (primary N) is 1. The van der Waals surface area contributed by atoms with Crippen LogP contribution in [0.1, 0.15) is 19.4 Å². The molecule has 0 bridgehead atoms. The van der Waals surface area contributed by atoms with E-state index in [2.05, 4.69) is 21.2 Å². The highest BCUT2D eigenvalue weighted by Gasteiger charge is 2.17. The molecule has 1 amide bonds. The molecule has 96 valence electrons. The summed E-state index contributed by atoms with van der Waals surface area (Å²) < 4.78 is 0.996. The lowest BCUT2D eigenvalue weighted by Crippen LogP contribution is -2.39. The van der Waals surface area contributed by atoms with Crippen LogP contribution in [0, 0.1) is 12.8 Å². The maximum atomic E-state index is 11.7. The van der Waals surface area contributed by atoms with Crippen molar-refractivity contribution in [1.82, 2.24) is 0 Å². The molecule has 5 heteroatoms. The monoisotopic (exact) mass is 320 g/mol. The summed E-state index contributed by atoms with van der Waals surface area (Å²) in [5.74, 6) is -0.00354. The minimum atomic E-state index is -0.469. The first kappa shape index (κ1) is 16.4. The topological polar surface area (TPSA) is 55.1 Å². The van der Waals surface area contributed by atoms with E-state index in [0.29, 0.717) is 0 Å². The highest BCUT2D eigenvalue weighted by Crippen LogP contribution is 2.20. The molecule has 17 heavy (non-hydrogen) atoms. The van der Waals surface area contributed by atoms with Crippen molar-refractivity contribution in [2.24, 2.45) is 11.7 Å². The molecule has 0 spiro atoms. The lowest BCUT2D eigenvalue weighted by Gasteiger charge is -2.16. The predicted octanol–water partition coefficient (Wildman–Crippen LogP) is 3.10. The van der Waals surface area contributed by atoms with E-state index in [1.54, 1.807) is 0 Å². The number of amides is 1.